The number of rotatable bonds is 3. The fraction of sp³-hybridized carbons (Fsp3) is 0.571. The second-order valence-electron chi connectivity index (χ2n) is 2.22. The van der Waals surface area contributed by atoms with Gasteiger partial charge in [0, 0.05) is 0 Å². The lowest BCUT2D eigenvalue weighted by Crippen LogP contribution is -2.27. The van der Waals surface area contributed by atoms with Crippen LogP contribution in [-0.4, -0.2) is 17.0 Å². The molecule has 9 heavy (non-hydrogen) atoms. The fourth-order valence-electron chi connectivity index (χ4n) is 0.441. The first-order valence-corrected chi connectivity index (χ1v) is 2.91. The average molecular weight is 128 g/mol. The molecule has 1 atom stereocenters. The van der Waals surface area contributed by atoms with Gasteiger partial charge in [0.05, 0.1) is 0 Å². The van der Waals surface area contributed by atoms with E-state index in [2.05, 4.69) is 6.58 Å². The van der Waals surface area contributed by atoms with E-state index < -0.39 is 5.60 Å². The van der Waals surface area contributed by atoms with Crippen LogP contribution in [-0.2, 0) is 4.79 Å². The van der Waals surface area contributed by atoms with Crippen molar-refractivity contribution >= 4 is 6.29 Å². The monoisotopic (exact) mass is 128 g/mol. The molecule has 1 N–H and O–H groups in total. The highest BCUT2D eigenvalue weighted by molar-refractivity contribution is 5.66. The molecule has 0 aliphatic heterocycles. The number of hydrogen-bond donors (Lipinski definition) is 1. The number of aliphatic hydroxyl groups is 1. The molecule has 0 aromatic rings. The van der Waals surface area contributed by atoms with Crippen LogP contribution in [0.15, 0.2) is 12.2 Å². The Bertz CT molecular complexity index is 125. The fourth-order valence-corrected chi connectivity index (χ4v) is 0.441. The number of aldehydes is 1. The summed E-state index contributed by atoms with van der Waals surface area (Å²) in [6, 6.07) is 0. The predicted octanol–water partition coefficient (Wildman–Crippen LogP) is 0.903. The molecule has 52 valence electrons. The molecular weight excluding hydrogens is 116 g/mol. The lowest BCUT2D eigenvalue weighted by molar-refractivity contribution is -0.119. The molecule has 0 aliphatic rings. The summed E-state index contributed by atoms with van der Waals surface area (Å²) in [7, 11) is 0. The molecule has 0 aliphatic carbocycles. The lowest BCUT2D eigenvalue weighted by atomic mass is 9.97. The summed E-state index contributed by atoms with van der Waals surface area (Å²) in [5.74, 6) is 0. The summed E-state index contributed by atoms with van der Waals surface area (Å²) in [5, 5.41) is 9.12. The molecule has 0 fully saturated rings. The van der Waals surface area contributed by atoms with Crippen molar-refractivity contribution in [3.05, 3.63) is 12.2 Å². The third-order valence-corrected chi connectivity index (χ3v) is 1.37. The Hall–Kier alpha value is -0.630. The normalized spacial score (nSPS) is 16.3. The Morgan fingerprint density at radius 2 is 2.33 bits per heavy atom. The van der Waals surface area contributed by atoms with Crippen LogP contribution in [0.1, 0.15) is 20.3 Å². The highest BCUT2D eigenvalue weighted by atomic mass is 16.3. The number of hydrogen-bond acceptors (Lipinski definition) is 2. The van der Waals surface area contributed by atoms with Crippen LogP contribution < -0.4 is 0 Å². The summed E-state index contributed by atoms with van der Waals surface area (Å²) in [5.41, 5.74) is -0.771. The topological polar surface area (TPSA) is 37.3 Å². The maximum atomic E-state index is 10.1. The smallest absolute Gasteiger partial charge is 0.155 e. The van der Waals surface area contributed by atoms with E-state index in [1.54, 1.807) is 0 Å². The van der Waals surface area contributed by atoms with Gasteiger partial charge in [-0.25, -0.2) is 0 Å². The van der Waals surface area contributed by atoms with Gasteiger partial charge in [-0.2, -0.15) is 0 Å². The van der Waals surface area contributed by atoms with Gasteiger partial charge in [0.15, 0.2) is 6.29 Å². The van der Waals surface area contributed by atoms with Crippen molar-refractivity contribution < 1.29 is 9.90 Å². The summed E-state index contributed by atoms with van der Waals surface area (Å²) < 4.78 is 0. The van der Waals surface area contributed by atoms with Crippen LogP contribution >= 0.6 is 0 Å². The standard InChI is InChI=1S/C7H12O2/c1-4-6(2)7(3,9)5-8/h5,9H,2,4H2,1,3H3. The van der Waals surface area contributed by atoms with Crippen molar-refractivity contribution in [1.82, 2.24) is 0 Å². The minimum absolute atomic E-state index is 0.499. The van der Waals surface area contributed by atoms with Gasteiger partial charge < -0.3 is 5.11 Å². The molecule has 0 saturated carbocycles. The van der Waals surface area contributed by atoms with E-state index in [0.29, 0.717) is 18.3 Å². The van der Waals surface area contributed by atoms with Crippen molar-refractivity contribution in [3.8, 4) is 0 Å². The molecule has 0 radical (unpaired) electrons. The molecule has 1 unspecified atom stereocenters. The van der Waals surface area contributed by atoms with Gasteiger partial charge >= 0.3 is 0 Å². The highest BCUT2D eigenvalue weighted by Gasteiger charge is 2.20. The molecule has 0 saturated heterocycles. The SMILES string of the molecule is C=C(CC)C(C)(O)C=O. The Morgan fingerprint density at radius 3 is 2.44 bits per heavy atom. The van der Waals surface area contributed by atoms with Crippen LogP contribution in [0.3, 0.4) is 0 Å². The van der Waals surface area contributed by atoms with Crippen LogP contribution in [0, 0.1) is 0 Å². The average Bonchev–Trinajstić information content (AvgIpc) is 1.86. The number of carbonyl (C=O) groups is 1. The molecule has 0 heterocycles. The van der Waals surface area contributed by atoms with Gasteiger partial charge in [-0.1, -0.05) is 13.5 Å². The maximum absolute atomic E-state index is 10.1. The van der Waals surface area contributed by atoms with Crippen molar-refractivity contribution in [2.75, 3.05) is 0 Å². The van der Waals surface area contributed by atoms with E-state index in [9.17, 15) is 4.79 Å². The Kier molecular flexibility index (Phi) is 2.59. The second-order valence-corrected chi connectivity index (χ2v) is 2.22. The highest BCUT2D eigenvalue weighted by Crippen LogP contribution is 2.13. The Balaban J connectivity index is 4.14. The molecule has 0 bridgehead atoms. The molecule has 0 aromatic heterocycles. The van der Waals surface area contributed by atoms with Crippen molar-refractivity contribution in [1.29, 1.82) is 0 Å². The first-order valence-electron chi connectivity index (χ1n) is 2.91. The second kappa shape index (κ2) is 2.78. The molecule has 2 nitrogen and oxygen atoms in total. The van der Waals surface area contributed by atoms with Gasteiger partial charge in [-0.15, -0.1) is 0 Å². The minimum Gasteiger partial charge on any atom is -0.378 e. The van der Waals surface area contributed by atoms with Gasteiger partial charge in [0.2, 0.25) is 0 Å². The van der Waals surface area contributed by atoms with Gasteiger partial charge in [-0.3, -0.25) is 4.79 Å². The van der Waals surface area contributed by atoms with E-state index in [-0.39, 0.29) is 0 Å². The van der Waals surface area contributed by atoms with E-state index in [1.165, 1.54) is 6.92 Å². The van der Waals surface area contributed by atoms with Crippen molar-refractivity contribution in [2.45, 2.75) is 25.9 Å². The van der Waals surface area contributed by atoms with E-state index in [0.717, 1.165) is 0 Å². The zero-order chi connectivity index (χ0) is 7.49. The lowest BCUT2D eigenvalue weighted by Gasteiger charge is -2.16. The van der Waals surface area contributed by atoms with Gasteiger partial charge in [0.1, 0.15) is 5.60 Å². The molecule has 0 spiro atoms. The predicted molar refractivity (Wildman–Crippen MR) is 36.1 cm³/mol. The molecule has 0 rings (SSSR count). The summed E-state index contributed by atoms with van der Waals surface area (Å²) in [6.45, 7) is 6.82. The summed E-state index contributed by atoms with van der Waals surface area (Å²) >= 11 is 0. The van der Waals surface area contributed by atoms with Gasteiger partial charge in [0.25, 0.3) is 0 Å². The quantitative estimate of drug-likeness (QED) is 0.453. The largest absolute Gasteiger partial charge is 0.378 e. The summed E-state index contributed by atoms with van der Waals surface area (Å²) in [6.07, 6.45) is 1.13. The Labute approximate surface area is 55.2 Å². The molecule has 2 heteroatoms. The van der Waals surface area contributed by atoms with Crippen LogP contribution in [0.4, 0.5) is 0 Å². The zero-order valence-corrected chi connectivity index (χ0v) is 5.85. The zero-order valence-electron chi connectivity index (χ0n) is 5.85. The summed E-state index contributed by atoms with van der Waals surface area (Å²) in [4.78, 5) is 10.1. The van der Waals surface area contributed by atoms with Crippen LogP contribution in [0.25, 0.3) is 0 Å². The molecular formula is C7H12O2. The molecule has 0 amide bonds. The van der Waals surface area contributed by atoms with E-state index in [1.807, 2.05) is 6.92 Å². The molecule has 0 aromatic carbocycles. The van der Waals surface area contributed by atoms with Crippen molar-refractivity contribution in [2.24, 2.45) is 0 Å². The van der Waals surface area contributed by atoms with E-state index >= 15 is 0 Å². The van der Waals surface area contributed by atoms with Gasteiger partial charge in [-0.05, 0) is 18.9 Å². The first kappa shape index (κ1) is 8.37. The third kappa shape index (κ3) is 1.98. The van der Waals surface area contributed by atoms with Crippen LogP contribution in [0.2, 0.25) is 0 Å². The first-order chi connectivity index (χ1) is 4.04. The Morgan fingerprint density at radius 1 is 1.89 bits per heavy atom. The number of carbonyl (C=O) groups excluding carboxylic acids is 1. The van der Waals surface area contributed by atoms with Crippen LogP contribution in [0.5, 0.6) is 0 Å². The minimum atomic E-state index is -1.32. The third-order valence-electron chi connectivity index (χ3n) is 1.37. The van der Waals surface area contributed by atoms with Crippen molar-refractivity contribution in [3.63, 3.8) is 0 Å². The van der Waals surface area contributed by atoms with E-state index in [4.69, 9.17) is 5.11 Å². The maximum Gasteiger partial charge on any atom is 0.155 e.